The first-order valence-electron chi connectivity index (χ1n) is 4.34. The number of halogens is 2. The SMILES string of the molecule is Br.COc1ccc(CCN)c(Cl)c1OC. The average Bonchev–Trinajstić information content (AvgIpc) is 2.21. The van der Waals surface area contributed by atoms with Gasteiger partial charge in [0.05, 0.1) is 19.2 Å². The number of ether oxygens (including phenoxy) is 2. The van der Waals surface area contributed by atoms with Crippen LogP contribution < -0.4 is 15.2 Å². The van der Waals surface area contributed by atoms with Crippen LogP contribution in [-0.4, -0.2) is 20.8 Å². The van der Waals surface area contributed by atoms with E-state index in [4.69, 9.17) is 26.8 Å². The van der Waals surface area contributed by atoms with Crippen molar-refractivity contribution < 1.29 is 9.47 Å². The lowest BCUT2D eigenvalue weighted by Crippen LogP contribution is -2.04. The van der Waals surface area contributed by atoms with Gasteiger partial charge in [-0.25, -0.2) is 0 Å². The van der Waals surface area contributed by atoms with Gasteiger partial charge in [0.15, 0.2) is 11.5 Å². The Kier molecular flexibility index (Phi) is 6.72. The summed E-state index contributed by atoms with van der Waals surface area (Å²) in [5.41, 5.74) is 6.44. The highest BCUT2D eigenvalue weighted by Gasteiger charge is 2.11. The summed E-state index contributed by atoms with van der Waals surface area (Å²) >= 11 is 6.11. The van der Waals surface area contributed by atoms with E-state index in [2.05, 4.69) is 0 Å². The predicted molar refractivity (Wildman–Crippen MR) is 67.6 cm³/mol. The summed E-state index contributed by atoms with van der Waals surface area (Å²) in [5.74, 6) is 1.21. The van der Waals surface area contributed by atoms with E-state index in [0.717, 1.165) is 12.0 Å². The second-order valence-corrected chi connectivity index (χ2v) is 3.19. The molecule has 0 spiro atoms. The van der Waals surface area contributed by atoms with Crippen LogP contribution in [0.15, 0.2) is 12.1 Å². The van der Waals surface area contributed by atoms with Crippen LogP contribution in [0.3, 0.4) is 0 Å². The van der Waals surface area contributed by atoms with Gasteiger partial charge in [-0.2, -0.15) is 0 Å². The number of methoxy groups -OCH3 is 2. The summed E-state index contributed by atoms with van der Waals surface area (Å²) in [5, 5.41) is 0.581. The fraction of sp³-hybridized carbons (Fsp3) is 0.400. The van der Waals surface area contributed by atoms with Crippen molar-refractivity contribution >= 4 is 28.6 Å². The maximum Gasteiger partial charge on any atom is 0.179 e. The van der Waals surface area contributed by atoms with Gasteiger partial charge in [-0.05, 0) is 24.6 Å². The quantitative estimate of drug-likeness (QED) is 0.928. The molecule has 86 valence electrons. The van der Waals surface area contributed by atoms with E-state index in [9.17, 15) is 0 Å². The molecule has 0 saturated carbocycles. The molecule has 0 aliphatic rings. The largest absolute Gasteiger partial charge is 0.493 e. The Morgan fingerprint density at radius 3 is 2.40 bits per heavy atom. The molecule has 0 heterocycles. The Balaban J connectivity index is 0.00000196. The molecule has 0 atom stereocenters. The molecule has 2 N–H and O–H groups in total. The second-order valence-electron chi connectivity index (χ2n) is 2.81. The normalized spacial score (nSPS) is 9.33. The Labute approximate surface area is 105 Å². The van der Waals surface area contributed by atoms with Crippen LogP contribution in [-0.2, 0) is 6.42 Å². The summed E-state index contributed by atoms with van der Waals surface area (Å²) in [7, 11) is 3.15. The van der Waals surface area contributed by atoms with Gasteiger partial charge in [0.2, 0.25) is 0 Å². The fourth-order valence-corrected chi connectivity index (χ4v) is 1.61. The van der Waals surface area contributed by atoms with Gasteiger partial charge in [0.1, 0.15) is 0 Å². The molecule has 1 aromatic rings. The zero-order chi connectivity index (χ0) is 10.6. The van der Waals surface area contributed by atoms with Crippen molar-refractivity contribution in [1.82, 2.24) is 0 Å². The van der Waals surface area contributed by atoms with Gasteiger partial charge >= 0.3 is 0 Å². The van der Waals surface area contributed by atoms with Gasteiger partial charge in [-0.1, -0.05) is 17.7 Å². The molecule has 1 rings (SSSR count). The third-order valence-corrected chi connectivity index (χ3v) is 2.39. The minimum absolute atomic E-state index is 0. The summed E-state index contributed by atoms with van der Waals surface area (Å²) in [4.78, 5) is 0. The van der Waals surface area contributed by atoms with Gasteiger partial charge in [0.25, 0.3) is 0 Å². The van der Waals surface area contributed by atoms with E-state index >= 15 is 0 Å². The molecule has 0 saturated heterocycles. The molecular formula is C10H15BrClNO2. The molecule has 3 nitrogen and oxygen atoms in total. The Hall–Kier alpha value is -0.450. The number of benzene rings is 1. The molecule has 15 heavy (non-hydrogen) atoms. The first kappa shape index (κ1) is 14.6. The first-order chi connectivity index (χ1) is 6.74. The molecule has 0 aromatic heterocycles. The van der Waals surface area contributed by atoms with E-state index in [1.165, 1.54) is 0 Å². The van der Waals surface area contributed by atoms with Crippen LogP contribution in [0.5, 0.6) is 11.5 Å². The predicted octanol–water partition coefficient (Wildman–Crippen LogP) is 2.44. The number of hydrogen-bond donors (Lipinski definition) is 1. The summed E-state index contributed by atoms with van der Waals surface area (Å²) in [6, 6.07) is 3.73. The number of hydrogen-bond acceptors (Lipinski definition) is 3. The Morgan fingerprint density at radius 1 is 1.27 bits per heavy atom. The summed E-state index contributed by atoms with van der Waals surface area (Å²) < 4.78 is 10.3. The van der Waals surface area contributed by atoms with Gasteiger partial charge < -0.3 is 15.2 Å². The van der Waals surface area contributed by atoms with Crippen LogP contribution >= 0.6 is 28.6 Å². The third kappa shape index (κ3) is 3.26. The van der Waals surface area contributed by atoms with Gasteiger partial charge in [-0.3, -0.25) is 0 Å². The van der Waals surface area contributed by atoms with E-state index in [-0.39, 0.29) is 17.0 Å². The maximum atomic E-state index is 6.11. The van der Waals surface area contributed by atoms with Crippen LogP contribution in [0, 0.1) is 0 Å². The molecule has 1 aromatic carbocycles. The van der Waals surface area contributed by atoms with E-state index < -0.39 is 0 Å². The van der Waals surface area contributed by atoms with Crippen molar-refractivity contribution in [1.29, 1.82) is 0 Å². The zero-order valence-corrected chi connectivity index (χ0v) is 11.2. The number of nitrogens with two attached hydrogens (primary N) is 1. The van der Waals surface area contributed by atoms with Gasteiger partial charge in [-0.15, -0.1) is 17.0 Å². The Morgan fingerprint density at radius 2 is 1.93 bits per heavy atom. The van der Waals surface area contributed by atoms with Crippen molar-refractivity contribution in [2.45, 2.75) is 6.42 Å². The lowest BCUT2D eigenvalue weighted by molar-refractivity contribution is 0.354. The Bertz CT molecular complexity index is 321. The standard InChI is InChI=1S/C10H14ClNO2.BrH/c1-13-8-4-3-7(5-6-12)9(11)10(8)14-2;/h3-4H,5-6,12H2,1-2H3;1H. The second kappa shape index (κ2) is 6.93. The topological polar surface area (TPSA) is 44.5 Å². The molecule has 0 bridgehead atoms. The van der Waals surface area contributed by atoms with Crippen molar-refractivity contribution in [3.63, 3.8) is 0 Å². The molecule has 0 amide bonds. The third-order valence-electron chi connectivity index (χ3n) is 1.98. The molecule has 0 aliphatic carbocycles. The molecular weight excluding hydrogens is 281 g/mol. The van der Waals surface area contributed by atoms with Crippen LogP contribution in [0.2, 0.25) is 5.02 Å². The minimum atomic E-state index is 0. The van der Waals surface area contributed by atoms with Crippen LogP contribution in [0.1, 0.15) is 5.56 Å². The molecule has 0 fully saturated rings. The lowest BCUT2D eigenvalue weighted by atomic mass is 10.1. The fourth-order valence-electron chi connectivity index (χ4n) is 1.28. The minimum Gasteiger partial charge on any atom is -0.493 e. The highest BCUT2D eigenvalue weighted by atomic mass is 79.9. The smallest absolute Gasteiger partial charge is 0.179 e. The molecule has 0 radical (unpaired) electrons. The van der Waals surface area contributed by atoms with Crippen molar-refractivity contribution in [3.05, 3.63) is 22.7 Å². The van der Waals surface area contributed by atoms with Crippen molar-refractivity contribution in [2.24, 2.45) is 5.73 Å². The molecule has 5 heteroatoms. The van der Waals surface area contributed by atoms with E-state index in [0.29, 0.717) is 23.1 Å². The van der Waals surface area contributed by atoms with Crippen molar-refractivity contribution in [3.8, 4) is 11.5 Å². The van der Waals surface area contributed by atoms with Crippen molar-refractivity contribution in [2.75, 3.05) is 20.8 Å². The average molecular weight is 297 g/mol. The number of rotatable bonds is 4. The van der Waals surface area contributed by atoms with E-state index in [1.54, 1.807) is 14.2 Å². The summed E-state index contributed by atoms with van der Waals surface area (Å²) in [6.07, 6.45) is 0.735. The van der Waals surface area contributed by atoms with E-state index in [1.807, 2.05) is 12.1 Å². The maximum absolute atomic E-state index is 6.11. The lowest BCUT2D eigenvalue weighted by Gasteiger charge is -2.11. The monoisotopic (exact) mass is 295 g/mol. The molecule has 0 unspecified atom stereocenters. The first-order valence-corrected chi connectivity index (χ1v) is 4.71. The van der Waals surface area contributed by atoms with Gasteiger partial charge in [0, 0.05) is 0 Å². The summed E-state index contributed by atoms with van der Waals surface area (Å²) in [6.45, 7) is 0.565. The zero-order valence-electron chi connectivity index (χ0n) is 8.75. The van der Waals surface area contributed by atoms with Crippen LogP contribution in [0.25, 0.3) is 0 Å². The highest BCUT2D eigenvalue weighted by Crippen LogP contribution is 2.37. The molecule has 0 aliphatic heterocycles. The van der Waals surface area contributed by atoms with Crippen LogP contribution in [0.4, 0.5) is 0 Å². The highest BCUT2D eigenvalue weighted by molar-refractivity contribution is 8.93.